The number of benzene rings is 7. The number of hydrogen-bond donors (Lipinski definition) is 0. The smallest absolute Gasteiger partial charge is 0.260 e. The van der Waals surface area contributed by atoms with Gasteiger partial charge in [-0.3, -0.25) is 0 Å². The maximum absolute atomic E-state index is 6.64. The first kappa shape index (κ1) is 22.5. The monoisotopic (exact) mass is 522 g/mol. The highest BCUT2D eigenvalue weighted by atomic mass is 16.5. The molecule has 0 saturated heterocycles. The van der Waals surface area contributed by atoms with Crippen molar-refractivity contribution in [1.82, 2.24) is 0 Å². The van der Waals surface area contributed by atoms with Crippen molar-refractivity contribution >= 4 is 44.6 Å². The molecule has 0 spiro atoms. The molecule has 0 bridgehead atoms. The molecule has 0 saturated carbocycles. The van der Waals surface area contributed by atoms with Crippen LogP contribution in [0.5, 0.6) is 23.0 Å². The Morgan fingerprint density at radius 3 is 1.56 bits per heavy atom. The van der Waals surface area contributed by atoms with E-state index in [-0.39, 0.29) is 6.71 Å². The molecule has 9 rings (SSSR count). The Labute approximate surface area is 238 Å². The highest BCUT2D eigenvalue weighted by molar-refractivity contribution is 6.98. The number of hydrogen-bond acceptors (Lipinski definition) is 2. The molecule has 7 aromatic carbocycles. The summed E-state index contributed by atoms with van der Waals surface area (Å²) in [4.78, 5) is 0. The lowest BCUT2D eigenvalue weighted by Crippen LogP contribution is -2.57. The first-order valence-electron chi connectivity index (χ1n) is 14.1. The lowest BCUT2D eigenvalue weighted by Gasteiger charge is -2.33. The van der Waals surface area contributed by atoms with Gasteiger partial charge in [-0.15, -0.1) is 0 Å². The van der Waals surface area contributed by atoms with Crippen molar-refractivity contribution in [1.29, 1.82) is 0 Å². The van der Waals surface area contributed by atoms with Gasteiger partial charge in [-0.05, 0) is 79.0 Å². The maximum atomic E-state index is 6.64. The van der Waals surface area contributed by atoms with Crippen LogP contribution in [0, 0.1) is 0 Å². The van der Waals surface area contributed by atoms with Gasteiger partial charge in [0.15, 0.2) is 0 Å². The topological polar surface area (TPSA) is 18.5 Å². The Bertz CT molecular complexity index is 2110. The Balaban J connectivity index is 1.31. The Kier molecular flexibility index (Phi) is 4.73. The molecule has 0 aromatic heterocycles. The highest BCUT2D eigenvalue weighted by Gasteiger charge is 2.39. The van der Waals surface area contributed by atoms with Crippen molar-refractivity contribution in [3.05, 3.63) is 140 Å². The number of fused-ring (bicyclic) bond motifs is 6. The van der Waals surface area contributed by atoms with Crippen molar-refractivity contribution in [3.63, 3.8) is 0 Å². The van der Waals surface area contributed by atoms with Crippen molar-refractivity contribution in [3.8, 4) is 45.3 Å². The molecule has 0 atom stereocenters. The fourth-order valence-electron chi connectivity index (χ4n) is 6.89. The molecule has 0 unspecified atom stereocenters. The molecule has 41 heavy (non-hydrogen) atoms. The van der Waals surface area contributed by atoms with E-state index < -0.39 is 0 Å². The Morgan fingerprint density at radius 1 is 0.366 bits per heavy atom. The van der Waals surface area contributed by atoms with Crippen LogP contribution >= 0.6 is 0 Å². The second-order valence-corrected chi connectivity index (χ2v) is 10.8. The SMILES string of the molecule is c1ccc(-c2c3ccccc3c(-c3ccc4c(c3)Oc3cccc5c3B4c3ccccc3O5)c3ccccc23)cc1. The Morgan fingerprint density at radius 2 is 0.878 bits per heavy atom. The molecule has 3 heteroatoms. The maximum Gasteiger partial charge on any atom is 0.260 e. The lowest BCUT2D eigenvalue weighted by molar-refractivity contribution is 0.464. The van der Waals surface area contributed by atoms with E-state index in [9.17, 15) is 0 Å². The third-order valence-electron chi connectivity index (χ3n) is 8.59. The van der Waals surface area contributed by atoms with Crippen molar-refractivity contribution in [2.75, 3.05) is 0 Å². The van der Waals surface area contributed by atoms with E-state index in [0.717, 1.165) is 34.0 Å². The zero-order chi connectivity index (χ0) is 26.9. The molecule has 2 heterocycles. The van der Waals surface area contributed by atoms with Gasteiger partial charge >= 0.3 is 0 Å². The van der Waals surface area contributed by atoms with E-state index in [1.54, 1.807) is 0 Å². The molecule has 2 nitrogen and oxygen atoms in total. The average molecular weight is 522 g/mol. The van der Waals surface area contributed by atoms with E-state index in [1.807, 2.05) is 18.2 Å². The molecule has 2 aliphatic heterocycles. The zero-order valence-corrected chi connectivity index (χ0v) is 22.2. The van der Waals surface area contributed by atoms with Crippen LogP contribution in [0.2, 0.25) is 0 Å². The van der Waals surface area contributed by atoms with Gasteiger partial charge < -0.3 is 9.47 Å². The summed E-state index contributed by atoms with van der Waals surface area (Å²) >= 11 is 0. The summed E-state index contributed by atoms with van der Waals surface area (Å²) in [6.07, 6.45) is 0. The van der Waals surface area contributed by atoms with E-state index in [1.165, 1.54) is 49.2 Å². The summed E-state index contributed by atoms with van der Waals surface area (Å²) in [6.45, 7) is 0.0675. The van der Waals surface area contributed by atoms with E-state index >= 15 is 0 Å². The van der Waals surface area contributed by atoms with Gasteiger partial charge in [-0.2, -0.15) is 0 Å². The van der Waals surface area contributed by atoms with Gasteiger partial charge in [0, 0.05) is 5.46 Å². The summed E-state index contributed by atoms with van der Waals surface area (Å²) in [5, 5.41) is 4.97. The quantitative estimate of drug-likeness (QED) is 0.169. The molecule has 2 aliphatic rings. The summed E-state index contributed by atoms with van der Waals surface area (Å²) in [7, 11) is 0. The van der Waals surface area contributed by atoms with Crippen LogP contribution in [0.1, 0.15) is 0 Å². The van der Waals surface area contributed by atoms with Crippen LogP contribution < -0.4 is 25.9 Å². The van der Waals surface area contributed by atoms with Gasteiger partial charge in [0.1, 0.15) is 23.0 Å². The third kappa shape index (κ3) is 3.26. The first-order valence-corrected chi connectivity index (χ1v) is 14.1. The fourth-order valence-corrected chi connectivity index (χ4v) is 6.89. The number of para-hydroxylation sites is 1. The largest absolute Gasteiger partial charge is 0.458 e. The summed E-state index contributed by atoms with van der Waals surface area (Å²) < 4.78 is 12.9. The molecule has 0 aliphatic carbocycles. The number of ether oxygens (including phenoxy) is 2. The van der Waals surface area contributed by atoms with Crippen LogP contribution in [0.3, 0.4) is 0 Å². The normalized spacial score (nSPS) is 12.7. The molecular weight excluding hydrogens is 499 g/mol. The van der Waals surface area contributed by atoms with Crippen LogP contribution in [-0.2, 0) is 0 Å². The minimum atomic E-state index is 0.0675. The summed E-state index contributed by atoms with van der Waals surface area (Å²) in [5.41, 5.74) is 8.33. The highest BCUT2D eigenvalue weighted by Crippen LogP contribution is 2.44. The predicted octanol–water partition coefficient (Wildman–Crippen LogP) is 8.05. The molecule has 190 valence electrons. The Hall–Kier alpha value is -5.28. The van der Waals surface area contributed by atoms with Gasteiger partial charge in [-0.1, -0.05) is 115 Å². The van der Waals surface area contributed by atoms with Crippen molar-refractivity contribution in [2.45, 2.75) is 0 Å². The van der Waals surface area contributed by atoms with Crippen LogP contribution in [0.15, 0.2) is 140 Å². The molecule has 0 amide bonds. The van der Waals surface area contributed by atoms with Gasteiger partial charge in [0.05, 0.1) is 0 Å². The van der Waals surface area contributed by atoms with Crippen LogP contribution in [0.4, 0.5) is 0 Å². The summed E-state index contributed by atoms with van der Waals surface area (Å²) in [6, 6.07) is 49.5. The molecule has 0 fully saturated rings. The fraction of sp³-hybridized carbons (Fsp3) is 0. The average Bonchev–Trinajstić information content (AvgIpc) is 3.03. The minimum Gasteiger partial charge on any atom is -0.458 e. The van der Waals surface area contributed by atoms with Gasteiger partial charge in [0.25, 0.3) is 6.71 Å². The summed E-state index contributed by atoms with van der Waals surface area (Å²) in [5.74, 6) is 3.54. The number of rotatable bonds is 2. The third-order valence-corrected chi connectivity index (χ3v) is 8.59. The van der Waals surface area contributed by atoms with E-state index in [0.29, 0.717) is 0 Å². The predicted molar refractivity (Wildman–Crippen MR) is 170 cm³/mol. The molecular formula is C38H23BO2. The van der Waals surface area contributed by atoms with Crippen molar-refractivity contribution < 1.29 is 9.47 Å². The second-order valence-electron chi connectivity index (χ2n) is 10.8. The molecule has 7 aromatic rings. The lowest BCUT2D eigenvalue weighted by atomic mass is 9.35. The van der Waals surface area contributed by atoms with Crippen molar-refractivity contribution in [2.24, 2.45) is 0 Å². The minimum absolute atomic E-state index is 0.0675. The van der Waals surface area contributed by atoms with Gasteiger partial charge in [-0.25, -0.2) is 0 Å². The van der Waals surface area contributed by atoms with E-state index in [2.05, 4.69) is 121 Å². The second kappa shape index (κ2) is 8.61. The van der Waals surface area contributed by atoms with Crippen LogP contribution in [-0.4, -0.2) is 6.71 Å². The zero-order valence-electron chi connectivity index (χ0n) is 22.2. The molecule has 0 radical (unpaired) electrons. The van der Waals surface area contributed by atoms with E-state index in [4.69, 9.17) is 9.47 Å². The van der Waals surface area contributed by atoms with Gasteiger partial charge in [0.2, 0.25) is 0 Å². The standard InChI is InChI=1S/C38H23BO2/c1-2-11-24(12-3-1)36-26-13-4-6-15-28(26)37(29-16-7-5-14-27(29)36)25-21-22-31-35(23-25)41-34-20-10-19-33-38(34)39(31)30-17-8-9-18-32(30)40-33/h1-23H. The van der Waals surface area contributed by atoms with Crippen LogP contribution in [0.25, 0.3) is 43.8 Å². The molecule has 0 N–H and O–H groups in total. The first-order chi connectivity index (χ1) is 20.3.